The second-order valence-electron chi connectivity index (χ2n) is 7.03. The number of rotatable bonds is 8. The van der Waals surface area contributed by atoms with Gasteiger partial charge in [0.25, 0.3) is 0 Å². The molecule has 1 unspecified atom stereocenters. The molecule has 0 amide bonds. The molecule has 31 heavy (non-hydrogen) atoms. The second-order valence-corrected chi connectivity index (χ2v) is 7.03. The van der Waals surface area contributed by atoms with Crippen LogP contribution in [0.25, 0.3) is 0 Å². The van der Waals surface area contributed by atoms with E-state index in [9.17, 15) is 8.78 Å². The molecule has 3 rings (SSSR count). The second kappa shape index (κ2) is 10.7. The lowest BCUT2D eigenvalue weighted by Crippen LogP contribution is -2.44. The standard InChI is InChI=1S/C22H28F2N4O3/c1-25-22(26-13-15-8-9-17(29-2)12-20(15)31-21(23)24)27-16-10-11-28(14-16)18-6-4-5-7-19(18)30-3/h4-9,12,16,21H,10-11,13-14H2,1-3H3,(H2,25,26,27). The van der Waals surface area contributed by atoms with Crippen molar-refractivity contribution in [1.29, 1.82) is 0 Å². The van der Waals surface area contributed by atoms with E-state index in [0.29, 0.717) is 17.3 Å². The molecule has 0 bridgehead atoms. The Hall–Kier alpha value is -3.23. The zero-order chi connectivity index (χ0) is 22.2. The Kier molecular flexibility index (Phi) is 7.75. The third kappa shape index (κ3) is 5.90. The molecule has 7 nitrogen and oxygen atoms in total. The lowest BCUT2D eigenvalue weighted by Gasteiger charge is -2.22. The van der Waals surface area contributed by atoms with Crippen LogP contribution in [-0.2, 0) is 6.54 Å². The quantitative estimate of drug-likeness (QED) is 0.491. The number of halogens is 2. The van der Waals surface area contributed by atoms with Crippen LogP contribution in [0.4, 0.5) is 14.5 Å². The maximum Gasteiger partial charge on any atom is 0.387 e. The minimum atomic E-state index is -2.91. The van der Waals surface area contributed by atoms with Crippen LogP contribution in [0, 0.1) is 0 Å². The number of aliphatic imine (C=N–C) groups is 1. The fourth-order valence-corrected chi connectivity index (χ4v) is 3.57. The van der Waals surface area contributed by atoms with Gasteiger partial charge in [0.2, 0.25) is 0 Å². The molecule has 9 heteroatoms. The Morgan fingerprint density at radius 3 is 2.68 bits per heavy atom. The van der Waals surface area contributed by atoms with Crippen molar-refractivity contribution in [2.24, 2.45) is 4.99 Å². The van der Waals surface area contributed by atoms with Crippen molar-refractivity contribution in [2.75, 3.05) is 39.3 Å². The summed E-state index contributed by atoms with van der Waals surface area (Å²) in [6.45, 7) is -0.958. The lowest BCUT2D eigenvalue weighted by molar-refractivity contribution is -0.0505. The highest BCUT2D eigenvalue weighted by Gasteiger charge is 2.25. The van der Waals surface area contributed by atoms with E-state index in [4.69, 9.17) is 9.47 Å². The van der Waals surface area contributed by atoms with Crippen molar-refractivity contribution < 1.29 is 23.0 Å². The van der Waals surface area contributed by atoms with Crippen molar-refractivity contribution in [1.82, 2.24) is 10.6 Å². The van der Waals surface area contributed by atoms with Gasteiger partial charge in [-0.15, -0.1) is 0 Å². The summed E-state index contributed by atoms with van der Waals surface area (Å²) in [5.74, 6) is 1.95. The summed E-state index contributed by atoms with van der Waals surface area (Å²) in [6, 6.07) is 13.0. The number of ether oxygens (including phenoxy) is 3. The monoisotopic (exact) mass is 434 g/mol. The van der Waals surface area contributed by atoms with Gasteiger partial charge < -0.3 is 29.7 Å². The van der Waals surface area contributed by atoms with Crippen LogP contribution in [0.2, 0.25) is 0 Å². The van der Waals surface area contributed by atoms with E-state index >= 15 is 0 Å². The maximum absolute atomic E-state index is 12.8. The van der Waals surface area contributed by atoms with Crippen molar-refractivity contribution >= 4 is 11.6 Å². The SMILES string of the molecule is CN=C(NCc1ccc(OC)cc1OC(F)F)NC1CCN(c2ccccc2OC)C1. The van der Waals surface area contributed by atoms with Crippen LogP contribution in [0.15, 0.2) is 47.5 Å². The van der Waals surface area contributed by atoms with E-state index in [1.54, 1.807) is 26.3 Å². The molecule has 0 spiro atoms. The zero-order valence-corrected chi connectivity index (χ0v) is 17.9. The molecular formula is C22H28F2N4O3. The number of anilines is 1. The minimum absolute atomic E-state index is 0.0699. The molecule has 0 aromatic heterocycles. The largest absolute Gasteiger partial charge is 0.497 e. The first-order valence-corrected chi connectivity index (χ1v) is 10.0. The lowest BCUT2D eigenvalue weighted by atomic mass is 10.2. The van der Waals surface area contributed by atoms with Gasteiger partial charge in [0.1, 0.15) is 17.2 Å². The molecular weight excluding hydrogens is 406 g/mol. The Bertz CT molecular complexity index is 895. The van der Waals surface area contributed by atoms with Crippen LogP contribution < -0.4 is 29.7 Å². The summed E-state index contributed by atoms with van der Waals surface area (Å²) in [7, 11) is 4.82. The van der Waals surface area contributed by atoms with Crippen LogP contribution in [0.5, 0.6) is 17.2 Å². The Balaban J connectivity index is 1.59. The van der Waals surface area contributed by atoms with Gasteiger partial charge in [-0.1, -0.05) is 12.1 Å². The zero-order valence-electron chi connectivity index (χ0n) is 17.9. The average Bonchev–Trinajstić information content (AvgIpc) is 3.25. The third-order valence-electron chi connectivity index (χ3n) is 5.12. The number of nitrogens with one attached hydrogen (secondary N) is 2. The molecule has 0 saturated carbocycles. The fourth-order valence-electron chi connectivity index (χ4n) is 3.57. The third-order valence-corrected chi connectivity index (χ3v) is 5.12. The van der Waals surface area contributed by atoms with E-state index in [1.807, 2.05) is 24.3 Å². The molecule has 1 atom stereocenters. The first-order valence-electron chi connectivity index (χ1n) is 10.0. The first kappa shape index (κ1) is 22.5. The highest BCUT2D eigenvalue weighted by molar-refractivity contribution is 5.80. The number of alkyl halides is 2. The van der Waals surface area contributed by atoms with Crippen LogP contribution in [-0.4, -0.2) is 53.0 Å². The predicted molar refractivity (Wildman–Crippen MR) is 117 cm³/mol. The van der Waals surface area contributed by atoms with Crippen molar-refractivity contribution in [3.63, 3.8) is 0 Å². The Morgan fingerprint density at radius 2 is 1.97 bits per heavy atom. The molecule has 0 radical (unpaired) electrons. The van der Waals surface area contributed by atoms with E-state index in [2.05, 4.69) is 25.3 Å². The average molecular weight is 434 g/mol. The summed E-state index contributed by atoms with van der Waals surface area (Å²) in [4.78, 5) is 6.53. The molecule has 1 aliphatic rings. The Morgan fingerprint density at radius 1 is 1.16 bits per heavy atom. The topological polar surface area (TPSA) is 67.4 Å². The molecule has 2 aromatic carbocycles. The van der Waals surface area contributed by atoms with Gasteiger partial charge >= 0.3 is 6.61 Å². The first-order chi connectivity index (χ1) is 15.0. The van der Waals surface area contributed by atoms with Crippen LogP contribution >= 0.6 is 0 Å². The summed E-state index contributed by atoms with van der Waals surface area (Å²) in [5, 5.41) is 6.57. The number of guanidine groups is 1. The number of nitrogens with zero attached hydrogens (tertiary/aromatic N) is 2. The summed E-state index contributed by atoms with van der Waals surface area (Å²) < 4.78 is 40.7. The van der Waals surface area contributed by atoms with E-state index in [1.165, 1.54) is 13.2 Å². The fraction of sp³-hybridized carbons (Fsp3) is 0.409. The normalized spacial score (nSPS) is 16.4. The smallest absolute Gasteiger partial charge is 0.387 e. The Labute approximate surface area is 181 Å². The predicted octanol–water partition coefficient (Wildman–Crippen LogP) is 3.25. The van der Waals surface area contributed by atoms with Crippen molar-refractivity contribution in [3.05, 3.63) is 48.0 Å². The van der Waals surface area contributed by atoms with Gasteiger partial charge in [0.05, 0.1) is 19.9 Å². The highest BCUT2D eigenvalue weighted by atomic mass is 19.3. The molecule has 1 heterocycles. The number of para-hydroxylation sites is 2. The van der Waals surface area contributed by atoms with Gasteiger partial charge in [-0.25, -0.2) is 0 Å². The molecule has 0 aliphatic carbocycles. The number of benzene rings is 2. The molecule has 2 aromatic rings. The molecule has 168 valence electrons. The number of hydrogen-bond acceptors (Lipinski definition) is 5. The summed E-state index contributed by atoms with van der Waals surface area (Å²) in [6.07, 6.45) is 0.932. The van der Waals surface area contributed by atoms with Crippen LogP contribution in [0.1, 0.15) is 12.0 Å². The van der Waals surface area contributed by atoms with E-state index in [0.717, 1.165) is 30.9 Å². The molecule has 1 saturated heterocycles. The molecule has 1 aliphatic heterocycles. The molecule has 1 fully saturated rings. The van der Waals surface area contributed by atoms with Crippen molar-refractivity contribution in [3.8, 4) is 17.2 Å². The summed E-state index contributed by atoms with van der Waals surface area (Å²) >= 11 is 0. The van der Waals surface area contributed by atoms with Crippen molar-refractivity contribution in [2.45, 2.75) is 25.6 Å². The number of methoxy groups -OCH3 is 2. The van der Waals surface area contributed by atoms with E-state index in [-0.39, 0.29) is 18.3 Å². The summed E-state index contributed by atoms with van der Waals surface area (Å²) in [5.41, 5.74) is 1.63. The highest BCUT2D eigenvalue weighted by Crippen LogP contribution is 2.30. The van der Waals surface area contributed by atoms with Gasteiger partial charge in [0, 0.05) is 44.4 Å². The van der Waals surface area contributed by atoms with Crippen LogP contribution in [0.3, 0.4) is 0 Å². The van der Waals surface area contributed by atoms with Gasteiger partial charge in [-0.3, -0.25) is 4.99 Å². The molecule has 2 N–H and O–H groups in total. The van der Waals surface area contributed by atoms with Gasteiger partial charge in [0.15, 0.2) is 5.96 Å². The minimum Gasteiger partial charge on any atom is -0.497 e. The van der Waals surface area contributed by atoms with Gasteiger partial charge in [-0.2, -0.15) is 8.78 Å². The van der Waals surface area contributed by atoms with E-state index < -0.39 is 6.61 Å². The maximum atomic E-state index is 12.8. The number of hydrogen-bond donors (Lipinski definition) is 2. The van der Waals surface area contributed by atoms with Gasteiger partial charge in [-0.05, 0) is 30.7 Å².